The number of carbonyl (C=O) groups excluding carboxylic acids is 1. The highest BCUT2D eigenvalue weighted by Crippen LogP contribution is 2.26. The number of carbonyl (C=O) groups is 2. The monoisotopic (exact) mass is 429 g/mol. The van der Waals surface area contributed by atoms with Crippen molar-refractivity contribution in [1.29, 1.82) is 0 Å². The lowest BCUT2D eigenvalue weighted by molar-refractivity contribution is -0.138. The first-order valence-electron chi connectivity index (χ1n) is 5.99. The Hall–Kier alpha value is -0.530. The minimum atomic E-state index is -0.869. The second-order valence-corrected chi connectivity index (χ2v) is 6.25. The maximum absolute atomic E-state index is 12.1. The number of benzene rings is 1. The number of carboxylic acid groups (broad SMARTS) is 1. The Morgan fingerprint density at radius 1 is 1.40 bits per heavy atom. The van der Waals surface area contributed by atoms with Crippen LogP contribution in [0.4, 0.5) is 0 Å². The van der Waals surface area contributed by atoms with Gasteiger partial charge in [-0.3, -0.25) is 9.59 Å². The van der Waals surface area contributed by atoms with E-state index in [9.17, 15) is 9.59 Å². The van der Waals surface area contributed by atoms with Crippen LogP contribution in [-0.2, 0) is 4.79 Å². The molecule has 1 unspecified atom stereocenters. The molecule has 20 heavy (non-hydrogen) atoms. The fourth-order valence-electron chi connectivity index (χ4n) is 1.66. The number of hydrogen-bond acceptors (Lipinski definition) is 2. The molecule has 7 heteroatoms. The molecule has 0 aliphatic carbocycles. The van der Waals surface area contributed by atoms with Gasteiger partial charge in [-0.15, -0.1) is 0 Å². The number of aliphatic carboxylic acids is 1. The van der Waals surface area contributed by atoms with Gasteiger partial charge in [-0.1, -0.05) is 36.5 Å². The van der Waals surface area contributed by atoms with Crippen LogP contribution in [-0.4, -0.2) is 23.5 Å². The first-order chi connectivity index (χ1) is 9.35. The number of rotatable bonds is 6. The topological polar surface area (TPSA) is 66.4 Å². The Kier molecular flexibility index (Phi) is 7.05. The number of nitrogens with one attached hydrogen (secondary N) is 1. The van der Waals surface area contributed by atoms with Gasteiger partial charge in [0.1, 0.15) is 0 Å². The van der Waals surface area contributed by atoms with Gasteiger partial charge >= 0.3 is 5.97 Å². The van der Waals surface area contributed by atoms with Crippen molar-refractivity contribution in [2.24, 2.45) is 5.92 Å². The van der Waals surface area contributed by atoms with Crippen LogP contribution in [0.2, 0.25) is 10.0 Å². The van der Waals surface area contributed by atoms with E-state index in [2.05, 4.69) is 5.32 Å². The second-order valence-electron chi connectivity index (χ2n) is 4.33. The average molecular weight is 430 g/mol. The summed E-state index contributed by atoms with van der Waals surface area (Å²) in [5.41, 5.74) is 0.397. The summed E-state index contributed by atoms with van der Waals surface area (Å²) in [6.45, 7) is 2.20. The van der Waals surface area contributed by atoms with Gasteiger partial charge in [0.15, 0.2) is 0 Å². The van der Waals surface area contributed by atoms with E-state index >= 15 is 0 Å². The molecular weight excluding hydrogens is 416 g/mol. The van der Waals surface area contributed by atoms with Gasteiger partial charge in [-0.05, 0) is 40.6 Å². The first kappa shape index (κ1) is 17.5. The van der Waals surface area contributed by atoms with Gasteiger partial charge in [0.2, 0.25) is 0 Å². The van der Waals surface area contributed by atoms with Crippen LogP contribution >= 0.6 is 45.8 Å². The molecule has 1 aromatic rings. The first-order valence-corrected chi connectivity index (χ1v) is 7.83. The van der Waals surface area contributed by atoms with E-state index in [-0.39, 0.29) is 18.2 Å². The molecule has 1 atom stereocenters. The van der Waals surface area contributed by atoms with E-state index in [1.807, 2.05) is 29.5 Å². The molecule has 0 aliphatic rings. The van der Waals surface area contributed by atoms with Crippen LogP contribution in [0.1, 0.15) is 30.1 Å². The normalized spacial score (nSPS) is 12.0. The fourth-order valence-corrected chi connectivity index (χ4v) is 2.71. The molecule has 2 N–H and O–H groups in total. The van der Waals surface area contributed by atoms with Crippen molar-refractivity contribution < 1.29 is 14.7 Å². The maximum Gasteiger partial charge on any atom is 0.303 e. The highest BCUT2D eigenvalue weighted by molar-refractivity contribution is 14.1. The third kappa shape index (κ3) is 5.10. The predicted octanol–water partition coefficient (Wildman–Crippen LogP) is 3.83. The van der Waals surface area contributed by atoms with Crippen molar-refractivity contribution in [2.45, 2.75) is 19.8 Å². The summed E-state index contributed by atoms with van der Waals surface area (Å²) >= 11 is 13.8. The zero-order valence-electron chi connectivity index (χ0n) is 10.8. The lowest BCUT2D eigenvalue weighted by atomic mass is 10.0. The van der Waals surface area contributed by atoms with Gasteiger partial charge in [-0.25, -0.2) is 0 Å². The average Bonchev–Trinajstić information content (AvgIpc) is 2.37. The summed E-state index contributed by atoms with van der Waals surface area (Å²) in [4.78, 5) is 22.8. The van der Waals surface area contributed by atoms with E-state index in [1.165, 1.54) is 0 Å². The van der Waals surface area contributed by atoms with Crippen LogP contribution in [0.15, 0.2) is 12.1 Å². The second kappa shape index (κ2) is 8.05. The zero-order chi connectivity index (χ0) is 15.3. The van der Waals surface area contributed by atoms with Gasteiger partial charge in [0, 0.05) is 21.6 Å². The van der Waals surface area contributed by atoms with Crippen molar-refractivity contribution in [1.82, 2.24) is 5.32 Å². The Balaban J connectivity index is 2.74. The minimum Gasteiger partial charge on any atom is -0.481 e. The maximum atomic E-state index is 12.1. The predicted molar refractivity (Wildman–Crippen MR) is 87.5 cm³/mol. The number of hydrogen-bond donors (Lipinski definition) is 2. The molecule has 0 saturated heterocycles. The summed E-state index contributed by atoms with van der Waals surface area (Å²) in [6, 6.07) is 3.11. The van der Waals surface area contributed by atoms with E-state index in [4.69, 9.17) is 28.3 Å². The minimum absolute atomic E-state index is 0.0319. The fraction of sp³-hybridized carbons (Fsp3) is 0.385. The zero-order valence-corrected chi connectivity index (χ0v) is 14.4. The molecule has 0 aliphatic heterocycles. The van der Waals surface area contributed by atoms with Crippen LogP contribution in [0, 0.1) is 9.49 Å². The van der Waals surface area contributed by atoms with Gasteiger partial charge in [0.25, 0.3) is 5.91 Å². The Morgan fingerprint density at radius 3 is 2.60 bits per heavy atom. The van der Waals surface area contributed by atoms with Crippen molar-refractivity contribution >= 4 is 57.7 Å². The van der Waals surface area contributed by atoms with Crippen LogP contribution in [0.3, 0.4) is 0 Å². The molecule has 1 amide bonds. The number of halogens is 3. The SMILES string of the molecule is CCC(CNC(=O)c1cc(Cl)cc(Cl)c1I)CC(=O)O. The van der Waals surface area contributed by atoms with E-state index < -0.39 is 5.97 Å². The van der Waals surface area contributed by atoms with E-state index in [0.717, 1.165) is 0 Å². The van der Waals surface area contributed by atoms with Crippen molar-refractivity contribution in [2.75, 3.05) is 6.54 Å². The molecule has 0 saturated carbocycles. The Bertz CT molecular complexity index is 523. The Morgan fingerprint density at radius 2 is 2.05 bits per heavy atom. The van der Waals surface area contributed by atoms with E-state index in [1.54, 1.807) is 12.1 Å². The molecule has 0 fully saturated rings. The Labute approximate surface area is 141 Å². The van der Waals surface area contributed by atoms with Gasteiger partial charge < -0.3 is 10.4 Å². The highest BCUT2D eigenvalue weighted by Gasteiger charge is 2.16. The number of carboxylic acids is 1. The van der Waals surface area contributed by atoms with Crippen molar-refractivity contribution in [3.05, 3.63) is 31.3 Å². The summed E-state index contributed by atoms with van der Waals surface area (Å²) < 4.78 is 0.623. The standard InChI is InChI=1S/C13H14Cl2INO3/c1-2-7(3-11(18)19)6-17-13(20)9-4-8(14)5-10(15)12(9)16/h4-5,7H,2-3,6H2,1H3,(H,17,20)(H,18,19). The number of amides is 1. The molecule has 110 valence electrons. The van der Waals surface area contributed by atoms with Gasteiger partial charge in [0.05, 0.1) is 10.6 Å². The molecule has 4 nitrogen and oxygen atoms in total. The molecule has 0 heterocycles. The summed E-state index contributed by atoms with van der Waals surface area (Å²) in [5.74, 6) is -1.27. The van der Waals surface area contributed by atoms with E-state index in [0.29, 0.717) is 32.1 Å². The molecule has 1 aromatic carbocycles. The largest absolute Gasteiger partial charge is 0.481 e. The molecule has 0 bridgehead atoms. The lowest BCUT2D eigenvalue weighted by Crippen LogP contribution is -2.30. The third-order valence-corrected chi connectivity index (χ3v) is 4.83. The van der Waals surface area contributed by atoms with Crippen LogP contribution in [0.5, 0.6) is 0 Å². The molecule has 0 aromatic heterocycles. The third-order valence-electron chi connectivity index (χ3n) is 2.83. The highest BCUT2D eigenvalue weighted by atomic mass is 127. The molecule has 1 rings (SSSR count). The summed E-state index contributed by atoms with van der Waals surface area (Å²) in [7, 11) is 0. The lowest BCUT2D eigenvalue weighted by Gasteiger charge is -2.14. The quantitative estimate of drug-likeness (QED) is 0.533. The van der Waals surface area contributed by atoms with Crippen molar-refractivity contribution in [3.63, 3.8) is 0 Å². The van der Waals surface area contributed by atoms with Gasteiger partial charge in [-0.2, -0.15) is 0 Å². The summed E-state index contributed by atoms with van der Waals surface area (Å²) in [5, 5.41) is 12.3. The summed E-state index contributed by atoms with van der Waals surface area (Å²) in [6.07, 6.45) is 0.712. The molecule has 0 spiro atoms. The molecule has 0 radical (unpaired) electrons. The smallest absolute Gasteiger partial charge is 0.303 e. The molecular formula is C13H14Cl2INO3. The van der Waals surface area contributed by atoms with Crippen LogP contribution < -0.4 is 5.32 Å². The van der Waals surface area contributed by atoms with Crippen LogP contribution in [0.25, 0.3) is 0 Å². The van der Waals surface area contributed by atoms with Crippen molar-refractivity contribution in [3.8, 4) is 0 Å².